The molecular formula is C23H22N2O4. The minimum Gasteiger partial charge on any atom is -0.497 e. The van der Waals surface area contributed by atoms with Crippen LogP contribution in [-0.4, -0.2) is 42.9 Å². The average molecular weight is 390 g/mol. The predicted octanol–water partition coefficient (Wildman–Crippen LogP) is 3.61. The van der Waals surface area contributed by atoms with Gasteiger partial charge in [-0.05, 0) is 49.2 Å². The second-order valence-electron chi connectivity index (χ2n) is 6.78. The molecule has 1 aliphatic heterocycles. The molecule has 148 valence electrons. The van der Waals surface area contributed by atoms with Gasteiger partial charge in [-0.3, -0.25) is 19.1 Å². The normalized spacial score (nSPS) is 15.6. The predicted molar refractivity (Wildman–Crippen MR) is 111 cm³/mol. The Labute approximate surface area is 168 Å². The van der Waals surface area contributed by atoms with Crippen LogP contribution < -0.4 is 4.74 Å². The first-order chi connectivity index (χ1) is 14.2. The topological polar surface area (TPSA) is 69.9 Å². The van der Waals surface area contributed by atoms with Crippen LogP contribution in [0.4, 0.5) is 0 Å². The number of fused-ring (bicyclic) bond motifs is 3. The summed E-state index contributed by atoms with van der Waals surface area (Å²) in [6.45, 7) is 2.60. The fourth-order valence-electron chi connectivity index (χ4n) is 3.83. The molecule has 3 aromatic rings. The van der Waals surface area contributed by atoms with Gasteiger partial charge in [-0.15, -0.1) is 0 Å². The first kappa shape index (κ1) is 18.9. The fourth-order valence-corrected chi connectivity index (χ4v) is 3.83. The third-order valence-electron chi connectivity index (χ3n) is 5.14. The van der Waals surface area contributed by atoms with Crippen LogP contribution in [0.2, 0.25) is 0 Å². The number of para-hydroxylation sites is 1. The number of carbonyl (C=O) groups is 2. The van der Waals surface area contributed by atoms with Crippen molar-refractivity contribution in [2.75, 3.05) is 20.3 Å². The monoisotopic (exact) mass is 390 g/mol. The maximum Gasteiger partial charge on any atom is 0.320 e. The van der Waals surface area contributed by atoms with Gasteiger partial charge < -0.3 is 9.47 Å². The smallest absolute Gasteiger partial charge is 0.320 e. The standard InChI is InChI=1S/C23H22N2O4/c1-3-29-23(27)19-14-24-13-12-18-17-6-4-5-7-20(17)25(21(18)19)22(26)15-8-10-16(28-2)11-9-15/h4-11,14,19H,3,12-13H2,1-2H3. The maximum absolute atomic E-state index is 13.6. The van der Waals surface area contributed by atoms with Crippen LogP contribution in [-0.2, 0) is 16.0 Å². The quantitative estimate of drug-likeness (QED) is 0.638. The zero-order valence-electron chi connectivity index (χ0n) is 16.4. The lowest BCUT2D eigenvalue weighted by molar-refractivity contribution is -0.143. The van der Waals surface area contributed by atoms with E-state index >= 15 is 0 Å². The van der Waals surface area contributed by atoms with E-state index < -0.39 is 11.9 Å². The Morgan fingerprint density at radius 3 is 2.62 bits per heavy atom. The molecule has 29 heavy (non-hydrogen) atoms. The van der Waals surface area contributed by atoms with E-state index in [9.17, 15) is 9.59 Å². The average Bonchev–Trinajstić information content (AvgIpc) is 2.91. The zero-order valence-corrected chi connectivity index (χ0v) is 16.4. The van der Waals surface area contributed by atoms with Crippen LogP contribution in [0.5, 0.6) is 5.75 Å². The van der Waals surface area contributed by atoms with Crippen LogP contribution in [0.3, 0.4) is 0 Å². The maximum atomic E-state index is 13.6. The molecule has 1 aromatic heterocycles. The molecule has 6 nitrogen and oxygen atoms in total. The Bertz CT molecular complexity index is 1100. The number of aromatic nitrogens is 1. The second-order valence-corrected chi connectivity index (χ2v) is 6.78. The zero-order chi connectivity index (χ0) is 20.4. The Hall–Kier alpha value is -3.41. The molecule has 0 spiro atoms. The number of hydrogen-bond acceptors (Lipinski definition) is 5. The van der Waals surface area contributed by atoms with Crippen LogP contribution in [0.1, 0.15) is 34.5 Å². The Balaban J connectivity index is 1.94. The number of nitrogens with zero attached hydrogens (tertiary/aromatic N) is 2. The van der Waals surface area contributed by atoms with Crippen molar-refractivity contribution < 1.29 is 19.1 Å². The van der Waals surface area contributed by atoms with Gasteiger partial charge in [0.05, 0.1) is 19.2 Å². The van der Waals surface area contributed by atoms with Crippen molar-refractivity contribution in [3.8, 4) is 5.75 Å². The van der Waals surface area contributed by atoms with E-state index in [1.54, 1.807) is 49.1 Å². The van der Waals surface area contributed by atoms with Crippen LogP contribution in [0, 0.1) is 0 Å². The largest absolute Gasteiger partial charge is 0.497 e. The molecule has 2 heterocycles. The summed E-state index contributed by atoms with van der Waals surface area (Å²) in [4.78, 5) is 30.7. The molecule has 0 bridgehead atoms. The summed E-state index contributed by atoms with van der Waals surface area (Å²) >= 11 is 0. The van der Waals surface area contributed by atoms with Crippen molar-refractivity contribution >= 4 is 29.0 Å². The van der Waals surface area contributed by atoms with Gasteiger partial charge in [-0.2, -0.15) is 0 Å². The molecule has 2 aromatic carbocycles. The molecule has 0 radical (unpaired) electrons. The summed E-state index contributed by atoms with van der Waals surface area (Å²) in [5.41, 5.74) is 2.91. The van der Waals surface area contributed by atoms with Gasteiger partial charge in [-0.25, -0.2) is 0 Å². The summed E-state index contributed by atoms with van der Waals surface area (Å²) in [5, 5.41) is 0.962. The molecule has 0 aliphatic carbocycles. The number of carbonyl (C=O) groups excluding carboxylic acids is 2. The van der Waals surface area contributed by atoms with Gasteiger partial charge in [0.25, 0.3) is 5.91 Å². The van der Waals surface area contributed by atoms with E-state index in [-0.39, 0.29) is 12.5 Å². The summed E-state index contributed by atoms with van der Waals surface area (Å²) in [7, 11) is 1.58. The SMILES string of the molecule is CCOC(=O)C1C=NCCc2c1n(C(=O)c1ccc(OC)cc1)c1ccccc21. The van der Waals surface area contributed by atoms with Crippen molar-refractivity contribution in [2.45, 2.75) is 19.3 Å². The van der Waals surface area contributed by atoms with Crippen molar-refractivity contribution in [1.82, 2.24) is 4.57 Å². The van der Waals surface area contributed by atoms with E-state index in [0.717, 1.165) is 16.5 Å². The molecule has 0 saturated carbocycles. The van der Waals surface area contributed by atoms with Crippen LogP contribution >= 0.6 is 0 Å². The molecule has 1 unspecified atom stereocenters. The van der Waals surface area contributed by atoms with E-state index in [1.165, 1.54) is 0 Å². The number of rotatable bonds is 4. The number of benzene rings is 2. The molecule has 4 rings (SSSR count). The third kappa shape index (κ3) is 3.31. The molecule has 6 heteroatoms. The summed E-state index contributed by atoms with van der Waals surface area (Å²) in [6.07, 6.45) is 2.27. The first-order valence-electron chi connectivity index (χ1n) is 9.63. The van der Waals surface area contributed by atoms with Gasteiger partial charge in [-0.1, -0.05) is 18.2 Å². The summed E-state index contributed by atoms with van der Waals surface area (Å²) < 4.78 is 12.1. The van der Waals surface area contributed by atoms with Gasteiger partial charge >= 0.3 is 5.97 Å². The summed E-state index contributed by atoms with van der Waals surface area (Å²) in [5.74, 6) is -0.642. The molecule has 1 aliphatic rings. The second kappa shape index (κ2) is 7.91. The number of esters is 1. The lowest BCUT2D eigenvalue weighted by atomic mass is 10.00. The number of methoxy groups -OCH3 is 1. The number of ether oxygens (including phenoxy) is 2. The fraction of sp³-hybridized carbons (Fsp3) is 0.261. The lowest BCUT2D eigenvalue weighted by Crippen LogP contribution is -2.24. The van der Waals surface area contributed by atoms with E-state index in [4.69, 9.17) is 9.47 Å². The highest BCUT2D eigenvalue weighted by Crippen LogP contribution is 2.34. The van der Waals surface area contributed by atoms with Gasteiger partial charge in [0.2, 0.25) is 0 Å². The first-order valence-corrected chi connectivity index (χ1v) is 9.63. The van der Waals surface area contributed by atoms with E-state index in [1.807, 2.05) is 24.3 Å². The van der Waals surface area contributed by atoms with Gasteiger partial charge in [0, 0.05) is 29.4 Å². The van der Waals surface area contributed by atoms with Crippen molar-refractivity contribution in [1.29, 1.82) is 0 Å². The van der Waals surface area contributed by atoms with Gasteiger partial charge in [0.15, 0.2) is 0 Å². The van der Waals surface area contributed by atoms with E-state index in [0.29, 0.717) is 30.0 Å². The molecule has 0 N–H and O–H groups in total. The minimum absolute atomic E-state index is 0.199. The number of aliphatic imine (C=N–C) groups is 1. The van der Waals surface area contributed by atoms with Crippen molar-refractivity contribution in [3.63, 3.8) is 0 Å². The highest BCUT2D eigenvalue weighted by atomic mass is 16.5. The highest BCUT2D eigenvalue weighted by Gasteiger charge is 2.32. The Morgan fingerprint density at radius 2 is 1.90 bits per heavy atom. The number of hydrogen-bond donors (Lipinski definition) is 0. The lowest BCUT2D eigenvalue weighted by Gasteiger charge is -2.16. The van der Waals surface area contributed by atoms with Crippen molar-refractivity contribution in [2.24, 2.45) is 4.99 Å². The molecule has 0 amide bonds. The van der Waals surface area contributed by atoms with E-state index in [2.05, 4.69) is 4.99 Å². The highest BCUT2D eigenvalue weighted by molar-refractivity contribution is 6.07. The molecule has 0 fully saturated rings. The van der Waals surface area contributed by atoms with Gasteiger partial charge in [0.1, 0.15) is 11.7 Å². The molecule has 0 saturated heterocycles. The molecular weight excluding hydrogens is 368 g/mol. The Morgan fingerprint density at radius 1 is 1.14 bits per heavy atom. The Kier molecular flexibility index (Phi) is 5.16. The van der Waals surface area contributed by atoms with Crippen LogP contribution in [0.15, 0.2) is 53.5 Å². The van der Waals surface area contributed by atoms with Crippen LogP contribution in [0.25, 0.3) is 10.9 Å². The molecule has 1 atom stereocenters. The third-order valence-corrected chi connectivity index (χ3v) is 5.14. The summed E-state index contributed by atoms with van der Waals surface area (Å²) in [6, 6.07) is 14.7. The van der Waals surface area contributed by atoms with Crippen molar-refractivity contribution in [3.05, 3.63) is 65.4 Å². The minimum atomic E-state index is -0.720.